The molecule has 5 rings (SSSR count). The highest BCUT2D eigenvalue weighted by Gasteiger charge is 2.27. The maximum absolute atomic E-state index is 12.8. The minimum Gasteiger partial charge on any atom is -0.493 e. The Labute approximate surface area is 204 Å². The number of carbonyl (C=O) groups excluding carboxylic acids is 2. The standard InChI is InChI=1S/C27H30N2O6/c1-3-32-23-14-20-12-17(2)35-24(20)13-19(23)4-7-26(30)29-10-8-18(9-11-29)27(31)28-21-5-6-22-25(15-21)34-16-33-22/h4-7,13-15,17-18H,3,8-12,16H2,1-2H3,(H,28,31)/b7-4+. The van der Waals surface area contributed by atoms with Crippen LogP contribution in [0.5, 0.6) is 23.0 Å². The molecule has 0 radical (unpaired) electrons. The molecule has 1 unspecified atom stereocenters. The molecule has 8 nitrogen and oxygen atoms in total. The van der Waals surface area contributed by atoms with Gasteiger partial charge in [-0.05, 0) is 57.0 Å². The molecule has 1 N–H and O–H groups in total. The molecule has 0 aromatic heterocycles. The summed E-state index contributed by atoms with van der Waals surface area (Å²) in [5, 5.41) is 2.96. The van der Waals surface area contributed by atoms with E-state index in [2.05, 4.69) is 5.32 Å². The van der Waals surface area contributed by atoms with Crippen molar-refractivity contribution in [1.82, 2.24) is 4.90 Å². The summed E-state index contributed by atoms with van der Waals surface area (Å²) in [6.07, 6.45) is 5.60. The molecule has 0 spiro atoms. The lowest BCUT2D eigenvalue weighted by atomic mass is 9.95. The normalized spacial score (nSPS) is 18.9. The molecule has 0 bridgehead atoms. The molecule has 3 aliphatic heterocycles. The van der Waals surface area contributed by atoms with E-state index in [1.165, 1.54) is 0 Å². The van der Waals surface area contributed by atoms with Gasteiger partial charge in [-0.2, -0.15) is 0 Å². The molecule has 184 valence electrons. The van der Waals surface area contributed by atoms with Crippen LogP contribution in [0, 0.1) is 5.92 Å². The van der Waals surface area contributed by atoms with Gasteiger partial charge >= 0.3 is 0 Å². The SMILES string of the molecule is CCOc1cc2c(cc1/C=C/C(=O)N1CCC(C(=O)Nc3ccc4c(c3)OCO4)CC1)OC(C)C2. The number of hydrogen-bond acceptors (Lipinski definition) is 6. The molecule has 1 saturated heterocycles. The Morgan fingerprint density at radius 2 is 1.91 bits per heavy atom. The van der Waals surface area contributed by atoms with Crippen LogP contribution in [0.15, 0.2) is 36.4 Å². The predicted molar refractivity (Wildman–Crippen MR) is 131 cm³/mol. The molecular weight excluding hydrogens is 448 g/mol. The number of fused-ring (bicyclic) bond motifs is 2. The molecule has 1 atom stereocenters. The van der Waals surface area contributed by atoms with E-state index in [1.807, 2.05) is 26.0 Å². The second-order valence-corrected chi connectivity index (χ2v) is 9.05. The summed E-state index contributed by atoms with van der Waals surface area (Å²) in [7, 11) is 0. The number of piperidine rings is 1. The molecule has 0 saturated carbocycles. The molecule has 8 heteroatoms. The second-order valence-electron chi connectivity index (χ2n) is 9.05. The summed E-state index contributed by atoms with van der Waals surface area (Å²) < 4.78 is 22.3. The second kappa shape index (κ2) is 9.90. The van der Waals surface area contributed by atoms with Crippen LogP contribution >= 0.6 is 0 Å². The predicted octanol–water partition coefficient (Wildman–Crippen LogP) is 4.03. The van der Waals surface area contributed by atoms with Crippen molar-refractivity contribution >= 4 is 23.6 Å². The fourth-order valence-electron chi connectivity index (χ4n) is 4.71. The fourth-order valence-corrected chi connectivity index (χ4v) is 4.71. The molecule has 1 fully saturated rings. The van der Waals surface area contributed by atoms with Gasteiger partial charge in [0.2, 0.25) is 18.6 Å². The van der Waals surface area contributed by atoms with Crippen molar-refractivity contribution in [2.75, 3.05) is 31.8 Å². The zero-order valence-corrected chi connectivity index (χ0v) is 20.0. The van der Waals surface area contributed by atoms with Gasteiger partial charge in [-0.25, -0.2) is 0 Å². The van der Waals surface area contributed by atoms with E-state index in [0.717, 1.165) is 29.0 Å². The smallest absolute Gasteiger partial charge is 0.246 e. The molecule has 3 heterocycles. The highest BCUT2D eigenvalue weighted by Crippen LogP contribution is 2.36. The number of ether oxygens (including phenoxy) is 4. The fraction of sp³-hybridized carbons (Fsp3) is 0.407. The van der Waals surface area contributed by atoms with E-state index in [1.54, 1.807) is 35.3 Å². The third-order valence-electron chi connectivity index (χ3n) is 6.55. The number of nitrogens with one attached hydrogen (secondary N) is 1. The number of amides is 2. The Morgan fingerprint density at radius 1 is 1.11 bits per heavy atom. The van der Waals surface area contributed by atoms with Crippen LogP contribution in [0.3, 0.4) is 0 Å². The molecule has 2 amide bonds. The number of nitrogens with zero attached hydrogens (tertiary/aromatic N) is 1. The lowest BCUT2D eigenvalue weighted by Gasteiger charge is -2.30. The van der Waals surface area contributed by atoms with E-state index in [-0.39, 0.29) is 30.6 Å². The van der Waals surface area contributed by atoms with E-state index < -0.39 is 0 Å². The lowest BCUT2D eigenvalue weighted by molar-refractivity contribution is -0.130. The molecule has 2 aromatic rings. The number of carbonyl (C=O) groups is 2. The summed E-state index contributed by atoms with van der Waals surface area (Å²) in [4.78, 5) is 27.4. The average molecular weight is 479 g/mol. The molecule has 0 aliphatic carbocycles. The first kappa shape index (κ1) is 23.1. The number of rotatable bonds is 6. The minimum absolute atomic E-state index is 0.0415. The molecular formula is C27H30N2O6. The van der Waals surface area contributed by atoms with Crippen molar-refractivity contribution in [3.05, 3.63) is 47.5 Å². The van der Waals surface area contributed by atoms with Gasteiger partial charge in [-0.15, -0.1) is 0 Å². The van der Waals surface area contributed by atoms with Gasteiger partial charge in [0.1, 0.15) is 17.6 Å². The minimum atomic E-state index is -0.145. The van der Waals surface area contributed by atoms with Crippen molar-refractivity contribution in [3.8, 4) is 23.0 Å². The van der Waals surface area contributed by atoms with Crippen molar-refractivity contribution in [2.45, 2.75) is 39.2 Å². The van der Waals surface area contributed by atoms with Crippen LogP contribution in [0.2, 0.25) is 0 Å². The van der Waals surface area contributed by atoms with E-state index in [9.17, 15) is 9.59 Å². The third-order valence-corrected chi connectivity index (χ3v) is 6.55. The monoisotopic (exact) mass is 478 g/mol. The maximum Gasteiger partial charge on any atom is 0.246 e. The summed E-state index contributed by atoms with van der Waals surface area (Å²) in [6.45, 7) is 5.79. The van der Waals surface area contributed by atoms with Crippen LogP contribution in [0.1, 0.15) is 37.8 Å². The van der Waals surface area contributed by atoms with Gasteiger partial charge in [0.05, 0.1) is 6.61 Å². The molecule has 3 aliphatic rings. The first-order chi connectivity index (χ1) is 17.0. The van der Waals surface area contributed by atoms with Gasteiger partial charge < -0.3 is 29.2 Å². The summed E-state index contributed by atoms with van der Waals surface area (Å²) in [5.74, 6) is 2.66. The third kappa shape index (κ3) is 5.06. The van der Waals surface area contributed by atoms with Gasteiger partial charge in [0.15, 0.2) is 11.5 Å². The summed E-state index contributed by atoms with van der Waals surface area (Å²) >= 11 is 0. The Kier molecular flexibility index (Phi) is 6.53. The number of anilines is 1. The Balaban J connectivity index is 1.17. The van der Waals surface area contributed by atoms with E-state index in [4.69, 9.17) is 18.9 Å². The number of likely N-dealkylation sites (tertiary alicyclic amines) is 1. The summed E-state index contributed by atoms with van der Waals surface area (Å²) in [5.41, 5.74) is 2.63. The van der Waals surface area contributed by atoms with Crippen LogP contribution in [0.25, 0.3) is 6.08 Å². The summed E-state index contributed by atoms with van der Waals surface area (Å²) in [6, 6.07) is 9.31. The molecule has 2 aromatic carbocycles. The van der Waals surface area contributed by atoms with Gasteiger partial charge in [0.25, 0.3) is 0 Å². The van der Waals surface area contributed by atoms with Gasteiger partial charge in [-0.1, -0.05) is 0 Å². The Hall–Kier alpha value is -3.68. The van der Waals surface area contributed by atoms with Crippen molar-refractivity contribution in [2.24, 2.45) is 5.92 Å². The van der Waals surface area contributed by atoms with Crippen LogP contribution in [-0.4, -0.2) is 49.3 Å². The number of hydrogen-bond donors (Lipinski definition) is 1. The largest absolute Gasteiger partial charge is 0.493 e. The molecule has 35 heavy (non-hydrogen) atoms. The zero-order chi connectivity index (χ0) is 24.4. The number of benzene rings is 2. The van der Waals surface area contributed by atoms with Crippen LogP contribution in [0.4, 0.5) is 5.69 Å². The van der Waals surface area contributed by atoms with Gasteiger partial charge in [0, 0.05) is 54.4 Å². The first-order valence-corrected chi connectivity index (χ1v) is 12.1. The maximum atomic E-state index is 12.8. The van der Waals surface area contributed by atoms with Crippen molar-refractivity contribution in [3.63, 3.8) is 0 Å². The first-order valence-electron chi connectivity index (χ1n) is 12.1. The Morgan fingerprint density at radius 3 is 2.71 bits per heavy atom. The van der Waals surface area contributed by atoms with Gasteiger partial charge in [-0.3, -0.25) is 9.59 Å². The quantitative estimate of drug-likeness (QED) is 0.631. The Bertz CT molecular complexity index is 1150. The van der Waals surface area contributed by atoms with Crippen LogP contribution in [-0.2, 0) is 16.0 Å². The lowest BCUT2D eigenvalue weighted by Crippen LogP contribution is -2.40. The topological polar surface area (TPSA) is 86.3 Å². The van der Waals surface area contributed by atoms with Crippen molar-refractivity contribution in [1.29, 1.82) is 0 Å². The van der Waals surface area contributed by atoms with E-state index >= 15 is 0 Å². The highest BCUT2D eigenvalue weighted by molar-refractivity contribution is 5.94. The average Bonchev–Trinajstić information content (AvgIpc) is 3.47. The van der Waals surface area contributed by atoms with Crippen molar-refractivity contribution < 1.29 is 28.5 Å². The van der Waals surface area contributed by atoms with Crippen LogP contribution < -0.4 is 24.3 Å². The highest BCUT2D eigenvalue weighted by atomic mass is 16.7. The van der Waals surface area contributed by atoms with E-state index in [0.29, 0.717) is 49.7 Å². The zero-order valence-electron chi connectivity index (χ0n) is 20.0.